The highest BCUT2D eigenvalue weighted by atomic mass is 15.2. The highest BCUT2D eigenvalue weighted by molar-refractivity contribution is 6.11. The van der Waals surface area contributed by atoms with E-state index in [9.17, 15) is 0 Å². The molecule has 4 heteroatoms. The Hall–Kier alpha value is -15.1. The van der Waals surface area contributed by atoms with Crippen LogP contribution in [0.4, 0.5) is 34.1 Å². The molecule has 12 atom stereocenters. The van der Waals surface area contributed by atoms with Gasteiger partial charge in [0.25, 0.3) is 0 Å². The maximum atomic E-state index is 2.72. The summed E-state index contributed by atoms with van der Waals surface area (Å²) in [6.07, 6.45) is 8.51. The van der Waals surface area contributed by atoms with Crippen molar-refractivity contribution < 1.29 is 0 Å². The number of para-hydroxylation sites is 4. The Labute approximate surface area is 808 Å². The first-order chi connectivity index (χ1) is 68.1. The lowest BCUT2D eigenvalue weighted by atomic mass is 9.44. The van der Waals surface area contributed by atoms with Gasteiger partial charge in [-0.2, -0.15) is 0 Å². The van der Waals surface area contributed by atoms with Crippen LogP contribution in [0.1, 0.15) is 150 Å². The minimum absolute atomic E-state index is 0.0113. The van der Waals surface area contributed by atoms with Crippen LogP contribution in [0.25, 0.3) is 87.7 Å². The summed E-state index contributed by atoms with van der Waals surface area (Å²) >= 11 is 0. The minimum Gasteiger partial charge on any atom is -0.310 e. The van der Waals surface area contributed by atoms with Crippen LogP contribution in [0.2, 0.25) is 0 Å². The predicted octanol–water partition coefficient (Wildman–Crippen LogP) is 34.1. The summed E-state index contributed by atoms with van der Waals surface area (Å²) in [6.45, 7) is 7.85. The monoisotopic (exact) mass is 1770 g/mol. The largest absolute Gasteiger partial charge is 0.310 e. The SMILES string of the molecule is C[C@@H]1CC2CC3(c4ccccc4C(c4ccccc4)(c4ccccc4)c4cc(N(c5ccc(-c6ccc(-n7c8ccccc8c8ccccc87)cc6)cc5)c5cccc6ccccc56)ccc43)[C@H](C1)C(c1ccc3cc(N(c4ccc(-n5c6ccccc6c6ccccc65)cc4)c4ccc5c(c4)C(c4ccccc4)(c4ccccc4)c4ccccc4C4[C@@H]6CC7CC54[C@H](C6)C[C@H]7C)ccc3c1)[C@H]2C. The van der Waals surface area contributed by atoms with Crippen LogP contribution in [-0.2, 0) is 21.7 Å². The second-order valence-electron chi connectivity index (χ2n) is 42.0. The molecule has 2 heterocycles. The van der Waals surface area contributed by atoms with Crippen LogP contribution in [0.3, 0.4) is 0 Å². The molecule has 19 aromatic carbocycles. The Bertz CT molecular complexity index is 8190. The Morgan fingerprint density at radius 2 is 0.710 bits per heavy atom. The van der Waals surface area contributed by atoms with Gasteiger partial charge in [-0.25, -0.2) is 0 Å². The molecule has 2 aromatic heterocycles. The summed E-state index contributed by atoms with van der Waals surface area (Å²) in [5.41, 5.74) is 32.8. The standard InChI is InChI=1S/C134H108N4/c1-86-75-97-85-132(117-48-24-25-49-120(117)134(100-37-12-6-13-38-100,101-39-14-7-15-40-101)122-83-109(72-74-119(122)132)136(124-54-30-32-91-31-16-17-41-110(91)124)104-62-57-89(58-63-104)90-59-64-105(65-60-90)137-125-50-26-19-42-111(125)112-43-20-27-51-126(112)137)123(76-86)129(88(97)3)94-56-55-93-81-107(66-61-92(93)78-94)135(103-67-69-106(70-68-103)138-127-52-28-21-44-113(127)114-45-22-29-53-128(114)138)108-71-73-118-121(82-108)133(98-33-8-4-9-34-98,99-35-10-5-11-36-99)116-47-23-18-46-115(116)130-95-79-96-84-131(118,130)102(80-95)77-87(96)2/h4-74,78,81-83,86-88,95-97,102,123,129-130H,75-77,79-80,84-85H2,1-3H3/t86-,87-,88+,95-,96?,97?,102+,123-,129?,130?,131?,132?/m1/s1. The van der Waals surface area contributed by atoms with Crippen LogP contribution in [-0.4, -0.2) is 9.13 Å². The van der Waals surface area contributed by atoms with Gasteiger partial charge < -0.3 is 18.9 Å². The second kappa shape index (κ2) is 31.5. The maximum absolute atomic E-state index is 2.72. The maximum Gasteiger partial charge on any atom is 0.0708 e. The fourth-order valence-electron chi connectivity index (χ4n) is 30.3. The summed E-state index contributed by atoms with van der Waals surface area (Å²) in [5, 5.41) is 9.98. The van der Waals surface area contributed by atoms with Gasteiger partial charge in [0.15, 0.2) is 0 Å². The first-order valence-electron chi connectivity index (χ1n) is 50.7. The van der Waals surface area contributed by atoms with E-state index in [0.29, 0.717) is 47.3 Å². The van der Waals surface area contributed by atoms with Crippen molar-refractivity contribution in [2.24, 2.45) is 47.3 Å². The fraction of sp³-hybridized carbons (Fsp3) is 0.179. The van der Waals surface area contributed by atoms with E-state index < -0.39 is 10.8 Å². The number of hydrogen-bond donors (Lipinski definition) is 0. The summed E-state index contributed by atoms with van der Waals surface area (Å²) in [6, 6.07) is 177. The van der Waals surface area contributed by atoms with Gasteiger partial charge in [0, 0.05) is 77.6 Å². The van der Waals surface area contributed by atoms with Crippen molar-refractivity contribution in [2.75, 3.05) is 9.80 Å². The molecule has 0 N–H and O–H groups in total. The lowest BCUT2D eigenvalue weighted by molar-refractivity contribution is 0.0678. The van der Waals surface area contributed by atoms with E-state index in [-0.39, 0.29) is 22.7 Å². The van der Waals surface area contributed by atoms with Crippen molar-refractivity contribution >= 4 is 99.3 Å². The zero-order valence-electron chi connectivity index (χ0n) is 78.3. The van der Waals surface area contributed by atoms with Gasteiger partial charge in [-0.15, -0.1) is 0 Å². The molecule has 0 radical (unpaired) electrons. The number of nitrogens with zero attached hydrogens (tertiary/aromatic N) is 4. The van der Waals surface area contributed by atoms with Crippen LogP contribution < -0.4 is 9.80 Å². The average Bonchev–Trinajstić information content (AvgIpc) is 0.965. The zero-order valence-corrected chi connectivity index (χ0v) is 78.3. The van der Waals surface area contributed by atoms with Crippen LogP contribution in [0.15, 0.2) is 455 Å². The summed E-state index contributed by atoms with van der Waals surface area (Å²) in [7, 11) is 0. The molecule has 6 unspecified atom stereocenters. The van der Waals surface area contributed by atoms with E-state index in [4.69, 9.17) is 0 Å². The first-order valence-corrected chi connectivity index (χ1v) is 50.7. The Morgan fingerprint density at radius 3 is 1.31 bits per heavy atom. The summed E-state index contributed by atoms with van der Waals surface area (Å²) in [5.74, 6) is 4.88. The molecule has 4 nitrogen and oxygen atoms in total. The molecule has 0 aliphatic heterocycles. The third-order valence-electron chi connectivity index (χ3n) is 35.6. The molecule has 29 rings (SSSR count). The van der Waals surface area contributed by atoms with Gasteiger partial charge >= 0.3 is 0 Å². The van der Waals surface area contributed by atoms with E-state index in [0.717, 1.165) is 52.7 Å². The smallest absolute Gasteiger partial charge is 0.0708 e. The molecule has 6 saturated carbocycles. The van der Waals surface area contributed by atoms with Gasteiger partial charge in [-0.05, 0) is 319 Å². The van der Waals surface area contributed by atoms with E-state index in [2.05, 4.69) is 495 Å². The van der Waals surface area contributed by atoms with Gasteiger partial charge in [0.2, 0.25) is 0 Å². The van der Waals surface area contributed by atoms with Crippen molar-refractivity contribution in [3.8, 4) is 22.5 Å². The number of benzene rings is 19. The number of rotatable bonds is 14. The molecule has 0 saturated heterocycles. The quantitative estimate of drug-likeness (QED) is 0.108. The van der Waals surface area contributed by atoms with E-state index in [1.807, 2.05) is 0 Å². The fourth-order valence-corrected chi connectivity index (χ4v) is 30.3. The molecule has 21 aromatic rings. The highest BCUT2D eigenvalue weighted by Gasteiger charge is 2.67. The number of anilines is 6. The van der Waals surface area contributed by atoms with Crippen LogP contribution >= 0.6 is 0 Å². The molecule has 8 aliphatic rings. The molecule has 664 valence electrons. The second-order valence-corrected chi connectivity index (χ2v) is 42.0. The number of fused-ring (bicyclic) bond motifs is 16. The van der Waals surface area contributed by atoms with Gasteiger partial charge in [0.1, 0.15) is 0 Å². The van der Waals surface area contributed by atoms with E-state index in [1.54, 1.807) is 11.1 Å². The van der Waals surface area contributed by atoms with Crippen molar-refractivity contribution in [1.29, 1.82) is 0 Å². The molecule has 2 spiro atoms. The molecule has 138 heavy (non-hydrogen) atoms. The van der Waals surface area contributed by atoms with Crippen LogP contribution in [0, 0.1) is 47.3 Å². The Balaban J connectivity index is 0.611. The topological polar surface area (TPSA) is 16.3 Å². The third kappa shape index (κ3) is 11.8. The van der Waals surface area contributed by atoms with Crippen molar-refractivity contribution in [2.45, 2.75) is 99.2 Å². The van der Waals surface area contributed by atoms with Crippen molar-refractivity contribution in [3.05, 3.63) is 527 Å². The van der Waals surface area contributed by atoms with E-state index >= 15 is 0 Å². The van der Waals surface area contributed by atoms with Gasteiger partial charge in [-0.3, -0.25) is 0 Å². The first kappa shape index (κ1) is 81.3. The zero-order chi connectivity index (χ0) is 91.3. The number of aromatic nitrogens is 2. The van der Waals surface area contributed by atoms with E-state index in [1.165, 1.54) is 175 Å². The van der Waals surface area contributed by atoms with Gasteiger partial charge in [-0.1, -0.05) is 360 Å². The minimum atomic E-state index is -0.719. The lowest BCUT2D eigenvalue weighted by Gasteiger charge is -2.59. The van der Waals surface area contributed by atoms with Crippen LogP contribution in [0.5, 0.6) is 0 Å². The van der Waals surface area contributed by atoms with Crippen molar-refractivity contribution in [3.63, 3.8) is 0 Å². The lowest BCUT2D eigenvalue weighted by Crippen LogP contribution is -2.53. The summed E-state index contributed by atoms with van der Waals surface area (Å²) in [4.78, 5) is 5.20. The Kier molecular flexibility index (Phi) is 18.5. The Morgan fingerprint density at radius 1 is 0.275 bits per heavy atom. The molecule has 8 aliphatic carbocycles. The van der Waals surface area contributed by atoms with Gasteiger partial charge in [0.05, 0.1) is 38.6 Å². The predicted molar refractivity (Wildman–Crippen MR) is 573 cm³/mol. The normalized spacial score (nSPS) is 22.7. The summed E-state index contributed by atoms with van der Waals surface area (Å²) < 4.78 is 4.88. The molecule has 6 fully saturated rings. The highest BCUT2D eigenvalue weighted by Crippen LogP contribution is 2.75. The molecule has 0 amide bonds. The molecular formula is C134H108N4. The molecular weight excluding hydrogens is 1670 g/mol. The third-order valence-corrected chi connectivity index (χ3v) is 35.6. The number of hydrogen-bond acceptors (Lipinski definition) is 2. The molecule has 5 bridgehead atoms. The average molecular weight is 1770 g/mol. The van der Waals surface area contributed by atoms with Crippen molar-refractivity contribution in [1.82, 2.24) is 9.13 Å².